The largest absolute Gasteiger partial charge is 0.446 e. The van der Waals surface area contributed by atoms with Crippen molar-refractivity contribution in [3.63, 3.8) is 0 Å². The predicted molar refractivity (Wildman–Crippen MR) is 71.4 cm³/mol. The minimum absolute atomic E-state index is 0.0636. The highest BCUT2D eigenvalue weighted by atomic mass is 16.6. The molecule has 2 heteroatoms. The van der Waals surface area contributed by atoms with E-state index >= 15 is 0 Å². The number of hydrogen-bond acceptors (Lipinski definition) is 2. The molecule has 0 spiro atoms. The average Bonchev–Trinajstić information content (AvgIpc) is 2.15. The Morgan fingerprint density at radius 2 is 2.00 bits per heavy atom. The number of esters is 1. The van der Waals surface area contributed by atoms with E-state index in [0.29, 0.717) is 0 Å². The molecule has 0 aliphatic carbocycles. The van der Waals surface area contributed by atoms with Crippen LogP contribution >= 0.6 is 0 Å². The first-order valence-electron chi connectivity index (χ1n) is 5.69. The Kier molecular flexibility index (Phi) is 5.74. The molecule has 0 saturated carbocycles. The summed E-state index contributed by atoms with van der Waals surface area (Å²) in [5.74, 6) is 2.15. The summed E-state index contributed by atoms with van der Waals surface area (Å²) >= 11 is 0. The van der Waals surface area contributed by atoms with Crippen LogP contribution in [0.2, 0.25) is 0 Å². The third-order valence-corrected chi connectivity index (χ3v) is 2.66. The molecule has 0 amide bonds. The molecule has 0 heterocycles. The van der Waals surface area contributed by atoms with Crippen LogP contribution in [-0.4, -0.2) is 11.6 Å². The van der Waals surface area contributed by atoms with Crippen LogP contribution in [0.1, 0.15) is 41.0 Å². The molecule has 2 nitrogen and oxygen atoms in total. The lowest BCUT2D eigenvalue weighted by Crippen LogP contribution is -2.38. The van der Waals surface area contributed by atoms with Gasteiger partial charge < -0.3 is 4.74 Å². The highest BCUT2D eigenvalue weighted by molar-refractivity contribution is 5.67. The molecule has 0 N–H and O–H groups in total. The van der Waals surface area contributed by atoms with E-state index in [0.717, 1.165) is 12.0 Å². The fourth-order valence-corrected chi connectivity index (χ4v) is 1.75. The van der Waals surface area contributed by atoms with E-state index in [2.05, 4.69) is 18.6 Å². The molecule has 0 rings (SSSR count). The van der Waals surface area contributed by atoms with E-state index in [1.54, 1.807) is 6.92 Å². The maximum absolute atomic E-state index is 11.1. The molecule has 0 radical (unpaired) electrons. The van der Waals surface area contributed by atoms with Crippen molar-refractivity contribution in [2.45, 2.75) is 46.6 Å². The van der Waals surface area contributed by atoms with Crippen molar-refractivity contribution >= 4 is 5.97 Å². The molecular formula is C15H22O2. The zero-order valence-corrected chi connectivity index (χ0v) is 11.5. The molecule has 0 bridgehead atoms. The molecule has 0 aromatic heterocycles. The van der Waals surface area contributed by atoms with Crippen molar-refractivity contribution < 1.29 is 9.53 Å². The zero-order chi connectivity index (χ0) is 13.6. The first-order chi connectivity index (χ1) is 7.73. The van der Waals surface area contributed by atoms with Gasteiger partial charge in [-0.25, -0.2) is 0 Å². The number of ether oxygens (including phenoxy) is 1. The second kappa shape index (κ2) is 6.30. The number of hydrogen-bond donors (Lipinski definition) is 0. The van der Waals surface area contributed by atoms with Gasteiger partial charge in [-0.2, -0.15) is 0 Å². The van der Waals surface area contributed by atoms with Gasteiger partial charge in [0.15, 0.2) is 5.60 Å². The summed E-state index contributed by atoms with van der Waals surface area (Å²) in [6, 6.07) is 0. The van der Waals surface area contributed by atoms with Crippen LogP contribution in [0.5, 0.6) is 0 Å². The van der Waals surface area contributed by atoms with Gasteiger partial charge in [-0.15, -0.1) is 6.42 Å². The van der Waals surface area contributed by atoms with Crippen molar-refractivity contribution in [2.24, 2.45) is 5.92 Å². The minimum Gasteiger partial charge on any atom is -0.446 e. The number of allylic oxidation sites excluding steroid dienone is 2. The number of carbonyl (C=O) groups is 1. The van der Waals surface area contributed by atoms with Crippen molar-refractivity contribution in [3.8, 4) is 12.3 Å². The third kappa shape index (κ3) is 4.91. The van der Waals surface area contributed by atoms with Gasteiger partial charge in [-0.1, -0.05) is 29.7 Å². The van der Waals surface area contributed by atoms with E-state index in [1.807, 2.05) is 20.8 Å². The van der Waals surface area contributed by atoms with Crippen LogP contribution in [0.3, 0.4) is 0 Å². The Bertz CT molecular complexity index is 367. The standard InChI is InChI=1S/C15H22O2/c1-8-15(7,17-13(6)16)14(12(4)5)10-9-11(2)3/h1,9,14H,4,10H2,2-3,5-7H3. The molecule has 0 aromatic carbocycles. The predicted octanol–water partition coefficient (Wildman–Crippen LogP) is 3.49. The number of carbonyl (C=O) groups excluding carboxylic acids is 1. The molecule has 0 aliphatic rings. The molecule has 0 fully saturated rings. The van der Waals surface area contributed by atoms with Gasteiger partial charge in [0, 0.05) is 12.8 Å². The fourth-order valence-electron chi connectivity index (χ4n) is 1.75. The second-order valence-corrected chi connectivity index (χ2v) is 4.76. The van der Waals surface area contributed by atoms with Gasteiger partial charge in [-0.05, 0) is 34.1 Å². The highest BCUT2D eigenvalue weighted by Crippen LogP contribution is 2.31. The summed E-state index contributed by atoms with van der Waals surface area (Å²) < 4.78 is 5.28. The molecule has 2 unspecified atom stereocenters. The average molecular weight is 234 g/mol. The Morgan fingerprint density at radius 1 is 1.47 bits per heavy atom. The Morgan fingerprint density at radius 3 is 2.29 bits per heavy atom. The van der Waals surface area contributed by atoms with Gasteiger partial charge in [-0.3, -0.25) is 4.79 Å². The SMILES string of the molecule is C#CC(C)(OC(C)=O)C(CC=C(C)C)C(=C)C. The molecular weight excluding hydrogens is 212 g/mol. The van der Waals surface area contributed by atoms with Crippen LogP contribution in [0.15, 0.2) is 23.8 Å². The Balaban J connectivity index is 5.14. The Hall–Kier alpha value is -1.49. The lowest BCUT2D eigenvalue weighted by atomic mass is 9.81. The lowest BCUT2D eigenvalue weighted by Gasteiger charge is -2.32. The molecule has 2 atom stereocenters. The number of rotatable bonds is 5. The van der Waals surface area contributed by atoms with Gasteiger partial charge in [0.1, 0.15) is 0 Å². The summed E-state index contributed by atoms with van der Waals surface area (Å²) in [6.07, 6.45) is 8.32. The third-order valence-electron chi connectivity index (χ3n) is 2.66. The van der Waals surface area contributed by atoms with Crippen molar-refractivity contribution in [3.05, 3.63) is 23.8 Å². The second-order valence-electron chi connectivity index (χ2n) is 4.76. The normalized spacial score (nSPS) is 15.1. The fraction of sp³-hybridized carbons (Fsp3) is 0.533. The van der Waals surface area contributed by atoms with Crippen LogP contribution in [-0.2, 0) is 9.53 Å². The van der Waals surface area contributed by atoms with Gasteiger partial charge in [0.2, 0.25) is 0 Å². The molecule has 17 heavy (non-hydrogen) atoms. The molecule has 0 aromatic rings. The number of terminal acetylenes is 1. The van der Waals surface area contributed by atoms with Crippen LogP contribution in [0.4, 0.5) is 0 Å². The van der Waals surface area contributed by atoms with E-state index in [1.165, 1.54) is 12.5 Å². The van der Waals surface area contributed by atoms with Gasteiger partial charge in [0.25, 0.3) is 0 Å². The van der Waals surface area contributed by atoms with E-state index < -0.39 is 5.60 Å². The topological polar surface area (TPSA) is 26.3 Å². The first kappa shape index (κ1) is 15.5. The van der Waals surface area contributed by atoms with Gasteiger partial charge in [0.05, 0.1) is 0 Å². The zero-order valence-electron chi connectivity index (χ0n) is 11.5. The first-order valence-corrected chi connectivity index (χ1v) is 5.69. The summed E-state index contributed by atoms with van der Waals surface area (Å²) in [5.41, 5.74) is 1.20. The summed E-state index contributed by atoms with van der Waals surface area (Å²) in [5, 5.41) is 0. The summed E-state index contributed by atoms with van der Waals surface area (Å²) in [6.45, 7) is 13.0. The van der Waals surface area contributed by atoms with Crippen LogP contribution < -0.4 is 0 Å². The monoisotopic (exact) mass is 234 g/mol. The smallest absolute Gasteiger partial charge is 0.304 e. The van der Waals surface area contributed by atoms with E-state index in [9.17, 15) is 4.79 Å². The maximum Gasteiger partial charge on any atom is 0.304 e. The van der Waals surface area contributed by atoms with E-state index in [4.69, 9.17) is 11.2 Å². The molecule has 0 saturated heterocycles. The summed E-state index contributed by atoms with van der Waals surface area (Å²) in [4.78, 5) is 11.1. The lowest BCUT2D eigenvalue weighted by molar-refractivity contribution is -0.153. The maximum atomic E-state index is 11.1. The van der Waals surface area contributed by atoms with Crippen LogP contribution in [0, 0.1) is 18.3 Å². The quantitative estimate of drug-likeness (QED) is 0.413. The van der Waals surface area contributed by atoms with E-state index in [-0.39, 0.29) is 11.9 Å². The molecule has 94 valence electrons. The minimum atomic E-state index is -0.927. The molecule has 0 aliphatic heterocycles. The Labute approximate surface area is 105 Å². The van der Waals surface area contributed by atoms with Crippen LogP contribution in [0.25, 0.3) is 0 Å². The van der Waals surface area contributed by atoms with Crippen molar-refractivity contribution in [1.82, 2.24) is 0 Å². The summed E-state index contributed by atoms with van der Waals surface area (Å²) in [7, 11) is 0. The van der Waals surface area contributed by atoms with Crippen molar-refractivity contribution in [2.75, 3.05) is 0 Å². The highest BCUT2D eigenvalue weighted by Gasteiger charge is 2.35. The van der Waals surface area contributed by atoms with Gasteiger partial charge >= 0.3 is 5.97 Å². The van der Waals surface area contributed by atoms with Crippen molar-refractivity contribution in [1.29, 1.82) is 0 Å².